The number of nitro groups is 1. The molecule has 9 heteroatoms. The van der Waals surface area contributed by atoms with E-state index in [1.807, 2.05) is 0 Å². The molecule has 0 spiro atoms. The summed E-state index contributed by atoms with van der Waals surface area (Å²) in [7, 11) is 0. The van der Waals surface area contributed by atoms with Gasteiger partial charge in [0, 0.05) is 22.2 Å². The Morgan fingerprint density at radius 3 is 2.58 bits per heavy atom. The minimum Gasteiger partial charge on any atom is -0.453 e. The van der Waals surface area contributed by atoms with E-state index >= 15 is 0 Å². The molecule has 0 aliphatic rings. The van der Waals surface area contributed by atoms with Crippen molar-refractivity contribution in [3.63, 3.8) is 0 Å². The highest BCUT2D eigenvalue weighted by atomic mass is 35.5. The number of halogens is 1. The molecule has 0 N–H and O–H groups in total. The SMILES string of the molecule is O=C(COC(=O)c1cc2cc([N+](=O)[O-])ccc2s1)c1ccc(Cl)s1. The maximum Gasteiger partial charge on any atom is 0.348 e. The molecular weight excluding hydrogens is 374 g/mol. The minimum atomic E-state index is -0.644. The lowest BCUT2D eigenvalue weighted by atomic mass is 10.2. The van der Waals surface area contributed by atoms with Crippen LogP contribution in [0.5, 0.6) is 0 Å². The van der Waals surface area contributed by atoms with Crippen LogP contribution in [0.2, 0.25) is 4.34 Å². The number of thiophene rings is 2. The fourth-order valence-electron chi connectivity index (χ4n) is 1.98. The molecule has 0 amide bonds. The normalized spacial score (nSPS) is 10.7. The van der Waals surface area contributed by atoms with Gasteiger partial charge in [0.05, 0.1) is 14.1 Å². The third kappa shape index (κ3) is 3.45. The maximum absolute atomic E-state index is 12.1. The maximum atomic E-state index is 12.1. The van der Waals surface area contributed by atoms with Crippen molar-refractivity contribution in [2.45, 2.75) is 0 Å². The summed E-state index contributed by atoms with van der Waals surface area (Å²) in [5, 5.41) is 11.4. The number of fused-ring (bicyclic) bond motifs is 1. The van der Waals surface area contributed by atoms with Crippen LogP contribution >= 0.6 is 34.3 Å². The van der Waals surface area contributed by atoms with Crippen molar-refractivity contribution in [1.82, 2.24) is 0 Å². The van der Waals surface area contributed by atoms with E-state index in [-0.39, 0.29) is 23.0 Å². The average Bonchev–Trinajstić information content (AvgIpc) is 3.17. The predicted molar refractivity (Wildman–Crippen MR) is 92.4 cm³/mol. The third-order valence-electron chi connectivity index (χ3n) is 3.09. The number of carbonyl (C=O) groups is 2. The summed E-state index contributed by atoms with van der Waals surface area (Å²) >= 11 is 8.02. The summed E-state index contributed by atoms with van der Waals surface area (Å²) < 4.78 is 6.22. The monoisotopic (exact) mass is 381 g/mol. The standard InChI is InChI=1S/C15H8ClNO5S2/c16-14-4-3-12(24-14)10(18)7-22-15(19)13-6-8-5-9(17(20)21)1-2-11(8)23-13/h1-6H,7H2. The molecule has 0 bridgehead atoms. The van der Waals surface area contributed by atoms with E-state index in [1.165, 1.54) is 18.2 Å². The Kier molecular flexibility index (Phi) is 4.61. The Balaban J connectivity index is 1.71. The molecule has 24 heavy (non-hydrogen) atoms. The zero-order chi connectivity index (χ0) is 17.3. The smallest absolute Gasteiger partial charge is 0.348 e. The number of rotatable bonds is 5. The molecule has 122 valence electrons. The van der Waals surface area contributed by atoms with E-state index in [9.17, 15) is 19.7 Å². The topological polar surface area (TPSA) is 86.5 Å². The van der Waals surface area contributed by atoms with Crippen LogP contribution in [-0.2, 0) is 4.74 Å². The van der Waals surface area contributed by atoms with E-state index in [0.29, 0.717) is 14.6 Å². The Morgan fingerprint density at radius 1 is 1.12 bits per heavy atom. The number of non-ortho nitro benzene ring substituents is 1. The number of hydrogen-bond acceptors (Lipinski definition) is 7. The summed E-state index contributed by atoms with van der Waals surface area (Å²) in [4.78, 5) is 34.9. The Morgan fingerprint density at radius 2 is 1.92 bits per heavy atom. The number of ketones is 1. The lowest BCUT2D eigenvalue weighted by molar-refractivity contribution is -0.384. The van der Waals surface area contributed by atoms with Crippen LogP contribution in [0.25, 0.3) is 10.1 Å². The summed E-state index contributed by atoms with van der Waals surface area (Å²) in [5.74, 6) is -0.980. The third-order valence-corrected chi connectivity index (χ3v) is 5.46. The fraction of sp³-hybridized carbons (Fsp3) is 0.0667. The van der Waals surface area contributed by atoms with Crippen LogP contribution in [0, 0.1) is 10.1 Å². The summed E-state index contributed by atoms with van der Waals surface area (Å²) in [6, 6.07) is 9.02. The number of Topliss-reactive ketones (excluding diaryl/α,β-unsaturated/α-hetero) is 1. The van der Waals surface area contributed by atoms with Gasteiger partial charge in [-0.05, 0) is 24.3 Å². The molecule has 0 radical (unpaired) electrons. The van der Waals surface area contributed by atoms with Gasteiger partial charge in [-0.25, -0.2) is 4.79 Å². The number of nitro benzene ring substituents is 1. The van der Waals surface area contributed by atoms with Gasteiger partial charge in [-0.1, -0.05) is 11.6 Å². The van der Waals surface area contributed by atoms with Gasteiger partial charge in [0.15, 0.2) is 6.61 Å². The van der Waals surface area contributed by atoms with Crippen molar-refractivity contribution < 1.29 is 19.2 Å². The number of carbonyl (C=O) groups excluding carboxylic acids is 2. The second kappa shape index (κ2) is 6.68. The molecule has 3 aromatic rings. The largest absolute Gasteiger partial charge is 0.453 e. The molecule has 0 saturated carbocycles. The van der Waals surface area contributed by atoms with Crippen LogP contribution < -0.4 is 0 Å². The molecule has 0 atom stereocenters. The Labute approximate surface area is 148 Å². The molecular formula is C15H8ClNO5S2. The molecule has 0 aliphatic heterocycles. The molecule has 0 saturated heterocycles. The number of hydrogen-bond donors (Lipinski definition) is 0. The number of ether oxygens (including phenoxy) is 1. The predicted octanol–water partition coefficient (Wildman–Crippen LogP) is 4.56. The van der Waals surface area contributed by atoms with Gasteiger partial charge in [-0.2, -0.15) is 0 Å². The molecule has 1 aromatic carbocycles. The van der Waals surface area contributed by atoms with E-state index in [1.54, 1.807) is 18.2 Å². The van der Waals surface area contributed by atoms with E-state index < -0.39 is 10.9 Å². The van der Waals surface area contributed by atoms with Crippen LogP contribution in [0.15, 0.2) is 36.4 Å². The molecule has 0 aliphatic carbocycles. The summed E-state index contributed by atoms with van der Waals surface area (Å²) in [5.41, 5.74) is -0.0510. The van der Waals surface area contributed by atoms with Crippen LogP contribution in [0.1, 0.15) is 19.3 Å². The summed E-state index contributed by atoms with van der Waals surface area (Å²) in [6.45, 7) is -0.385. The van der Waals surface area contributed by atoms with Gasteiger partial charge in [-0.3, -0.25) is 14.9 Å². The molecule has 0 fully saturated rings. The van der Waals surface area contributed by atoms with E-state index in [2.05, 4.69) is 0 Å². The highest BCUT2D eigenvalue weighted by molar-refractivity contribution is 7.20. The lowest BCUT2D eigenvalue weighted by Crippen LogP contribution is -2.12. The Bertz CT molecular complexity index is 962. The number of esters is 1. The van der Waals surface area contributed by atoms with Gasteiger partial charge in [0.25, 0.3) is 5.69 Å². The van der Waals surface area contributed by atoms with Crippen LogP contribution in [0.4, 0.5) is 5.69 Å². The van der Waals surface area contributed by atoms with Gasteiger partial charge < -0.3 is 4.74 Å². The van der Waals surface area contributed by atoms with Crippen LogP contribution in [-0.4, -0.2) is 23.3 Å². The van der Waals surface area contributed by atoms with Gasteiger partial charge in [0.2, 0.25) is 5.78 Å². The van der Waals surface area contributed by atoms with Crippen molar-refractivity contribution in [1.29, 1.82) is 0 Å². The zero-order valence-electron chi connectivity index (χ0n) is 11.9. The zero-order valence-corrected chi connectivity index (χ0v) is 14.2. The quantitative estimate of drug-likeness (QED) is 0.280. The van der Waals surface area contributed by atoms with Gasteiger partial charge in [-0.15, -0.1) is 22.7 Å². The number of benzene rings is 1. The number of nitrogens with zero attached hydrogens (tertiary/aromatic N) is 1. The Hall–Kier alpha value is -2.29. The van der Waals surface area contributed by atoms with Crippen LogP contribution in [0.3, 0.4) is 0 Å². The molecule has 0 unspecified atom stereocenters. The van der Waals surface area contributed by atoms with Gasteiger partial charge >= 0.3 is 5.97 Å². The van der Waals surface area contributed by atoms with Crippen molar-refractivity contribution in [2.24, 2.45) is 0 Å². The molecule has 2 heterocycles. The van der Waals surface area contributed by atoms with E-state index in [4.69, 9.17) is 16.3 Å². The highest BCUT2D eigenvalue weighted by Crippen LogP contribution is 2.29. The second-order valence-corrected chi connectivity index (χ2v) is 7.49. The fourth-order valence-corrected chi connectivity index (χ4v) is 3.89. The lowest BCUT2D eigenvalue weighted by Gasteiger charge is -2.00. The van der Waals surface area contributed by atoms with E-state index in [0.717, 1.165) is 27.4 Å². The highest BCUT2D eigenvalue weighted by Gasteiger charge is 2.17. The average molecular weight is 382 g/mol. The first-order valence-corrected chi connectivity index (χ1v) is 8.59. The minimum absolute atomic E-state index is 0.0510. The summed E-state index contributed by atoms with van der Waals surface area (Å²) in [6.07, 6.45) is 0. The van der Waals surface area contributed by atoms with Crippen molar-refractivity contribution in [2.75, 3.05) is 6.61 Å². The molecule has 6 nitrogen and oxygen atoms in total. The first kappa shape index (κ1) is 16.6. The molecule has 2 aromatic heterocycles. The first-order valence-electron chi connectivity index (χ1n) is 6.57. The van der Waals surface area contributed by atoms with Gasteiger partial charge in [0.1, 0.15) is 4.88 Å². The first-order chi connectivity index (χ1) is 11.4. The van der Waals surface area contributed by atoms with Crippen molar-refractivity contribution in [3.8, 4) is 0 Å². The second-order valence-electron chi connectivity index (χ2n) is 4.69. The van der Waals surface area contributed by atoms with Crippen molar-refractivity contribution >= 4 is 61.8 Å². The molecule has 3 rings (SSSR count). The van der Waals surface area contributed by atoms with Crippen molar-refractivity contribution in [3.05, 3.63) is 60.6 Å².